The molecule has 0 atom stereocenters. The van der Waals surface area contributed by atoms with Crippen LogP contribution in [0.3, 0.4) is 0 Å². The number of pyridine rings is 1. The maximum absolute atomic E-state index is 4.56. The molecule has 0 fully saturated rings. The van der Waals surface area contributed by atoms with E-state index in [-0.39, 0.29) is 0 Å². The second kappa shape index (κ2) is 15.0. The fraction of sp³-hybridized carbons (Fsp3) is 0.206. The minimum Gasteiger partial charge on any atom is -0.387 e. The summed E-state index contributed by atoms with van der Waals surface area (Å²) in [6.45, 7) is 3.61. The molecule has 0 saturated carbocycles. The Labute approximate surface area is 238 Å². The number of allylic oxidation sites excluding steroid dienone is 6. The summed E-state index contributed by atoms with van der Waals surface area (Å²) in [5, 5.41) is 16.3. The van der Waals surface area contributed by atoms with Crippen molar-refractivity contribution in [3.05, 3.63) is 144 Å². The van der Waals surface area contributed by atoms with Gasteiger partial charge in [0.05, 0.1) is 23.8 Å². The predicted octanol–water partition coefficient (Wildman–Crippen LogP) is 6.19. The Morgan fingerprint density at radius 3 is 2.35 bits per heavy atom. The summed E-state index contributed by atoms with van der Waals surface area (Å²) in [5.74, 6) is 0. The number of hydrazone groups is 2. The number of hydrogen-bond acceptors (Lipinski definition) is 5. The van der Waals surface area contributed by atoms with E-state index in [1.165, 1.54) is 11.1 Å². The predicted molar refractivity (Wildman–Crippen MR) is 167 cm³/mol. The zero-order chi connectivity index (χ0) is 28.0. The van der Waals surface area contributed by atoms with Gasteiger partial charge >= 0.3 is 0 Å². The van der Waals surface area contributed by atoms with Gasteiger partial charge in [0, 0.05) is 43.9 Å². The van der Waals surface area contributed by atoms with Gasteiger partial charge < -0.3 is 5.32 Å². The molecular formula is C34H39N6+. The summed E-state index contributed by atoms with van der Waals surface area (Å²) in [4.78, 5) is 0. The molecule has 0 aliphatic heterocycles. The lowest BCUT2D eigenvalue weighted by Gasteiger charge is -2.16. The number of likely N-dealkylation sites (N-methyl/N-ethyl adjacent to an activating group) is 1. The molecule has 0 saturated heterocycles. The molecular weight excluding hydrogens is 492 g/mol. The van der Waals surface area contributed by atoms with Crippen LogP contribution < -0.4 is 14.9 Å². The molecule has 1 heterocycles. The monoisotopic (exact) mass is 531 g/mol. The molecule has 1 aromatic heterocycles. The van der Waals surface area contributed by atoms with Crippen molar-refractivity contribution in [1.29, 1.82) is 0 Å². The molecule has 0 unspecified atom stereocenters. The van der Waals surface area contributed by atoms with Gasteiger partial charge in [0.15, 0.2) is 18.9 Å². The minimum absolute atomic E-state index is 0.765. The van der Waals surface area contributed by atoms with E-state index in [0.29, 0.717) is 0 Å². The Balaban J connectivity index is 1.22. The van der Waals surface area contributed by atoms with Crippen molar-refractivity contribution in [2.75, 3.05) is 19.1 Å². The minimum atomic E-state index is 0.765. The highest BCUT2D eigenvalue weighted by Gasteiger charge is 2.04. The first-order valence-electron chi connectivity index (χ1n) is 13.7. The molecule has 40 heavy (non-hydrogen) atoms. The number of aromatic nitrogens is 1. The second-order valence-corrected chi connectivity index (χ2v) is 9.60. The number of nitrogens with zero attached hydrogens (tertiary/aromatic N) is 5. The molecule has 6 nitrogen and oxygen atoms in total. The first-order chi connectivity index (χ1) is 19.6. The molecule has 6 heteroatoms. The van der Waals surface area contributed by atoms with Crippen LogP contribution in [0.1, 0.15) is 36.5 Å². The van der Waals surface area contributed by atoms with Crippen LogP contribution in [0.2, 0.25) is 0 Å². The third kappa shape index (κ3) is 8.95. The molecule has 1 N–H and O–H groups in total. The van der Waals surface area contributed by atoms with E-state index in [0.717, 1.165) is 48.5 Å². The summed E-state index contributed by atoms with van der Waals surface area (Å²) in [6.07, 6.45) is 22.7. The van der Waals surface area contributed by atoms with Crippen LogP contribution in [-0.4, -0.2) is 31.5 Å². The molecule has 2 aromatic carbocycles. The average molecular weight is 532 g/mol. The molecule has 204 valence electrons. The van der Waals surface area contributed by atoms with Gasteiger partial charge in [-0.2, -0.15) is 10.2 Å². The summed E-state index contributed by atoms with van der Waals surface area (Å²) in [5.41, 5.74) is 6.80. The first-order valence-corrected chi connectivity index (χ1v) is 13.7. The number of nitrogens with one attached hydrogen (secondary N) is 1. The van der Waals surface area contributed by atoms with E-state index in [9.17, 15) is 0 Å². The van der Waals surface area contributed by atoms with Crippen LogP contribution in [-0.2, 0) is 13.1 Å². The molecule has 1 aliphatic rings. The zero-order valence-corrected chi connectivity index (χ0v) is 23.7. The van der Waals surface area contributed by atoms with E-state index in [2.05, 4.69) is 93.2 Å². The quantitative estimate of drug-likeness (QED) is 0.131. The highest BCUT2D eigenvalue weighted by Crippen LogP contribution is 2.13. The fourth-order valence-corrected chi connectivity index (χ4v) is 4.10. The third-order valence-corrected chi connectivity index (χ3v) is 6.58. The van der Waals surface area contributed by atoms with Crippen molar-refractivity contribution in [2.45, 2.75) is 32.9 Å². The van der Waals surface area contributed by atoms with Crippen molar-refractivity contribution < 1.29 is 4.57 Å². The van der Waals surface area contributed by atoms with E-state index in [1.807, 2.05) is 86.1 Å². The molecule has 0 radical (unpaired) electrons. The van der Waals surface area contributed by atoms with Crippen LogP contribution in [0, 0.1) is 0 Å². The highest BCUT2D eigenvalue weighted by molar-refractivity contribution is 5.82. The normalized spacial score (nSPS) is 13.8. The molecule has 0 spiro atoms. The maximum atomic E-state index is 4.56. The van der Waals surface area contributed by atoms with Gasteiger partial charge in [-0.15, -0.1) is 0 Å². The Morgan fingerprint density at radius 1 is 0.900 bits per heavy atom. The molecule has 1 aliphatic carbocycles. The van der Waals surface area contributed by atoms with E-state index in [4.69, 9.17) is 0 Å². The van der Waals surface area contributed by atoms with Crippen molar-refractivity contribution in [1.82, 2.24) is 10.3 Å². The van der Waals surface area contributed by atoms with E-state index >= 15 is 0 Å². The number of rotatable bonds is 12. The Bertz CT molecular complexity index is 1380. The molecule has 4 rings (SSSR count). The van der Waals surface area contributed by atoms with Gasteiger partial charge in [-0.3, -0.25) is 10.0 Å². The van der Waals surface area contributed by atoms with Gasteiger partial charge in [-0.25, -0.2) is 4.57 Å². The largest absolute Gasteiger partial charge is 0.387 e. The van der Waals surface area contributed by atoms with E-state index in [1.54, 1.807) is 0 Å². The standard InChI is InChI=1S/C34H39N6/c1-4-29(26-36-38(2)33-11-7-5-8-12-33)19-22-35-25-30-15-17-32(18-16-30)28-40-23-20-31(21-24-40)27-37-39(3)34-13-9-6-10-14-34/h4,6-7,9-24,26-27,35H,5,8,25,28H2,1-3H3/q+1/b22-19-,29-4+,36-26+. The van der Waals surface area contributed by atoms with Gasteiger partial charge in [-0.05, 0) is 61.4 Å². The number of anilines is 1. The lowest BCUT2D eigenvalue weighted by molar-refractivity contribution is -0.688. The van der Waals surface area contributed by atoms with Gasteiger partial charge in [-0.1, -0.05) is 60.7 Å². The number of para-hydroxylation sites is 1. The first kappa shape index (κ1) is 28.3. The second-order valence-electron chi connectivity index (χ2n) is 9.60. The van der Waals surface area contributed by atoms with Crippen molar-refractivity contribution in [2.24, 2.45) is 10.2 Å². The fourth-order valence-electron chi connectivity index (χ4n) is 4.10. The van der Waals surface area contributed by atoms with Crippen molar-refractivity contribution in [3.63, 3.8) is 0 Å². The topological polar surface area (TPSA) is 47.1 Å². The summed E-state index contributed by atoms with van der Waals surface area (Å²) < 4.78 is 2.17. The van der Waals surface area contributed by atoms with Crippen LogP contribution in [0.15, 0.2) is 137 Å². The summed E-state index contributed by atoms with van der Waals surface area (Å²) in [7, 11) is 3.93. The number of hydrogen-bond donors (Lipinski definition) is 1. The summed E-state index contributed by atoms with van der Waals surface area (Å²) in [6, 6.07) is 23.0. The zero-order valence-electron chi connectivity index (χ0n) is 23.7. The van der Waals surface area contributed by atoms with Crippen LogP contribution in [0.25, 0.3) is 0 Å². The molecule has 0 bridgehead atoms. The SMILES string of the molecule is C/C=C(\C=C/NCc1ccc(C[n+]2ccc(/C=N/N(C)c3ccccc3)cc2)cc1)/C=N/N(C)C1=CCCC=C1. The Morgan fingerprint density at radius 2 is 1.65 bits per heavy atom. The summed E-state index contributed by atoms with van der Waals surface area (Å²) >= 11 is 0. The highest BCUT2D eigenvalue weighted by atomic mass is 15.4. The average Bonchev–Trinajstić information content (AvgIpc) is 3.01. The van der Waals surface area contributed by atoms with Gasteiger partial charge in [0.2, 0.25) is 0 Å². The van der Waals surface area contributed by atoms with E-state index < -0.39 is 0 Å². The van der Waals surface area contributed by atoms with Gasteiger partial charge in [0.1, 0.15) is 0 Å². The Hall–Kier alpha value is -4.71. The van der Waals surface area contributed by atoms with Gasteiger partial charge in [0.25, 0.3) is 0 Å². The maximum Gasteiger partial charge on any atom is 0.173 e. The smallest absolute Gasteiger partial charge is 0.173 e. The third-order valence-electron chi connectivity index (χ3n) is 6.58. The van der Waals surface area contributed by atoms with Crippen molar-refractivity contribution in [3.8, 4) is 0 Å². The Kier molecular flexibility index (Phi) is 10.6. The number of benzene rings is 2. The lowest BCUT2D eigenvalue weighted by atomic mass is 10.1. The van der Waals surface area contributed by atoms with Crippen molar-refractivity contribution >= 4 is 18.1 Å². The van der Waals surface area contributed by atoms with Crippen LogP contribution in [0.5, 0.6) is 0 Å². The van der Waals surface area contributed by atoms with Crippen LogP contribution in [0.4, 0.5) is 5.69 Å². The van der Waals surface area contributed by atoms with Crippen LogP contribution >= 0.6 is 0 Å². The lowest BCUT2D eigenvalue weighted by Crippen LogP contribution is -2.33. The molecule has 3 aromatic rings. The molecule has 0 amide bonds.